The van der Waals surface area contributed by atoms with E-state index >= 15 is 0 Å². The second-order valence-corrected chi connectivity index (χ2v) is 10.2. The summed E-state index contributed by atoms with van der Waals surface area (Å²) in [5.41, 5.74) is 0.623. The van der Waals surface area contributed by atoms with Crippen LogP contribution >= 0.6 is 0 Å². The molecular formula is C32H56O4. The second-order valence-electron chi connectivity index (χ2n) is 10.2. The van der Waals surface area contributed by atoms with Gasteiger partial charge >= 0.3 is 0 Å². The number of rotatable bonds is 25. The molecule has 0 amide bonds. The molecule has 0 saturated carbocycles. The van der Waals surface area contributed by atoms with Crippen molar-refractivity contribution in [3.8, 4) is 17.2 Å². The zero-order chi connectivity index (χ0) is 26.3. The first-order chi connectivity index (χ1) is 17.6. The molecule has 1 aromatic carbocycles. The Bertz CT molecular complexity index is 631. The zero-order valence-electron chi connectivity index (χ0n) is 24.1. The molecule has 1 aromatic rings. The van der Waals surface area contributed by atoms with Crippen LogP contribution in [-0.4, -0.2) is 25.6 Å². The average Bonchev–Trinajstić information content (AvgIpc) is 2.87. The third kappa shape index (κ3) is 15.4. The molecule has 4 nitrogen and oxygen atoms in total. The molecule has 0 aliphatic heterocycles. The maximum atomic E-state index is 12.2. The molecular weight excluding hydrogens is 448 g/mol. The van der Waals surface area contributed by atoms with Gasteiger partial charge in [-0.1, -0.05) is 117 Å². The SMILES string of the molecule is CCCCCCCCOc1cc(C(C)=O)cc(OCCCCCCCC)c1OCCCCCCCC. The highest BCUT2D eigenvalue weighted by atomic mass is 16.5. The van der Waals surface area contributed by atoms with E-state index in [1.165, 1.54) is 96.3 Å². The third-order valence-corrected chi connectivity index (χ3v) is 6.68. The molecule has 208 valence electrons. The summed E-state index contributed by atoms with van der Waals surface area (Å²) in [5, 5.41) is 0. The van der Waals surface area contributed by atoms with Gasteiger partial charge in [0.15, 0.2) is 17.3 Å². The van der Waals surface area contributed by atoms with E-state index in [4.69, 9.17) is 14.2 Å². The Balaban J connectivity index is 2.78. The van der Waals surface area contributed by atoms with Crippen molar-refractivity contribution in [3.05, 3.63) is 17.7 Å². The maximum Gasteiger partial charge on any atom is 0.203 e. The summed E-state index contributed by atoms with van der Waals surface area (Å²) in [6.45, 7) is 10.2. The Morgan fingerprint density at radius 2 is 0.861 bits per heavy atom. The minimum absolute atomic E-state index is 0.0197. The van der Waals surface area contributed by atoms with Crippen LogP contribution in [0.3, 0.4) is 0 Å². The van der Waals surface area contributed by atoms with Crippen molar-refractivity contribution < 1.29 is 19.0 Å². The lowest BCUT2D eigenvalue weighted by atomic mass is 10.1. The number of carbonyl (C=O) groups is 1. The number of benzene rings is 1. The monoisotopic (exact) mass is 504 g/mol. The van der Waals surface area contributed by atoms with E-state index in [0.717, 1.165) is 19.3 Å². The Kier molecular flexibility index (Phi) is 20.2. The number of hydrogen-bond acceptors (Lipinski definition) is 4. The fourth-order valence-corrected chi connectivity index (χ4v) is 4.32. The number of unbranched alkanes of at least 4 members (excludes halogenated alkanes) is 15. The molecule has 0 fully saturated rings. The Morgan fingerprint density at radius 3 is 1.22 bits per heavy atom. The van der Waals surface area contributed by atoms with Gasteiger partial charge in [-0.25, -0.2) is 0 Å². The maximum absolute atomic E-state index is 12.2. The summed E-state index contributed by atoms with van der Waals surface area (Å²) in [4.78, 5) is 12.2. The van der Waals surface area contributed by atoms with E-state index in [1.807, 2.05) is 12.1 Å². The van der Waals surface area contributed by atoms with Crippen LogP contribution in [0, 0.1) is 0 Å². The highest BCUT2D eigenvalue weighted by Crippen LogP contribution is 2.39. The minimum Gasteiger partial charge on any atom is -0.490 e. The lowest BCUT2D eigenvalue weighted by molar-refractivity contribution is 0.101. The smallest absolute Gasteiger partial charge is 0.203 e. The van der Waals surface area contributed by atoms with Gasteiger partial charge < -0.3 is 14.2 Å². The van der Waals surface area contributed by atoms with Crippen LogP contribution in [0.25, 0.3) is 0 Å². The lowest BCUT2D eigenvalue weighted by Gasteiger charge is -2.18. The van der Waals surface area contributed by atoms with Crippen LogP contribution in [0.4, 0.5) is 0 Å². The van der Waals surface area contributed by atoms with Crippen LogP contribution in [0.1, 0.15) is 154 Å². The van der Waals surface area contributed by atoms with Crippen molar-refractivity contribution in [3.63, 3.8) is 0 Å². The first-order valence-corrected chi connectivity index (χ1v) is 15.2. The van der Waals surface area contributed by atoms with Gasteiger partial charge in [-0.05, 0) is 38.3 Å². The van der Waals surface area contributed by atoms with Gasteiger partial charge in [-0.15, -0.1) is 0 Å². The summed E-state index contributed by atoms with van der Waals surface area (Å²) in [6.07, 6.45) is 21.9. The standard InChI is InChI=1S/C32H56O4/c1-5-8-11-14-17-20-23-34-30-26-29(28(4)33)27-31(35-24-21-18-15-12-9-6-2)32(30)36-25-22-19-16-13-10-7-3/h26-27H,5-25H2,1-4H3. The number of carbonyl (C=O) groups excluding carboxylic acids is 1. The van der Waals surface area contributed by atoms with Gasteiger partial charge in [-0.2, -0.15) is 0 Å². The van der Waals surface area contributed by atoms with Gasteiger partial charge in [0.1, 0.15) is 0 Å². The van der Waals surface area contributed by atoms with Crippen molar-refractivity contribution in [1.29, 1.82) is 0 Å². The molecule has 36 heavy (non-hydrogen) atoms. The molecule has 0 aliphatic carbocycles. The van der Waals surface area contributed by atoms with Crippen molar-refractivity contribution in [2.75, 3.05) is 19.8 Å². The Morgan fingerprint density at radius 1 is 0.528 bits per heavy atom. The molecule has 0 heterocycles. The van der Waals surface area contributed by atoms with Gasteiger partial charge in [0.05, 0.1) is 19.8 Å². The molecule has 0 aliphatic rings. The van der Waals surface area contributed by atoms with Crippen LogP contribution in [-0.2, 0) is 0 Å². The van der Waals surface area contributed by atoms with Crippen LogP contribution in [0.5, 0.6) is 17.2 Å². The van der Waals surface area contributed by atoms with E-state index in [-0.39, 0.29) is 5.78 Å². The Hall–Kier alpha value is -1.71. The molecule has 0 saturated heterocycles. The fourth-order valence-electron chi connectivity index (χ4n) is 4.32. The van der Waals surface area contributed by atoms with Gasteiger partial charge in [0.2, 0.25) is 5.75 Å². The Labute approximate surface area is 222 Å². The fraction of sp³-hybridized carbons (Fsp3) is 0.781. The molecule has 4 heteroatoms. The highest BCUT2D eigenvalue weighted by molar-refractivity contribution is 5.95. The molecule has 0 radical (unpaired) electrons. The lowest BCUT2D eigenvalue weighted by Crippen LogP contribution is -2.08. The van der Waals surface area contributed by atoms with Gasteiger partial charge in [-0.3, -0.25) is 4.79 Å². The number of Topliss-reactive ketones (excluding diaryl/α,β-unsaturated/α-hetero) is 1. The van der Waals surface area contributed by atoms with E-state index in [2.05, 4.69) is 20.8 Å². The second kappa shape index (κ2) is 22.5. The number of ketones is 1. The van der Waals surface area contributed by atoms with Crippen molar-refractivity contribution in [2.45, 2.75) is 143 Å². The highest BCUT2D eigenvalue weighted by Gasteiger charge is 2.17. The topological polar surface area (TPSA) is 44.8 Å². The summed E-state index contributed by atoms with van der Waals surface area (Å²) >= 11 is 0. The molecule has 0 atom stereocenters. The van der Waals surface area contributed by atoms with Gasteiger partial charge in [0.25, 0.3) is 0 Å². The normalized spacial score (nSPS) is 11.0. The van der Waals surface area contributed by atoms with E-state index < -0.39 is 0 Å². The number of ether oxygens (including phenoxy) is 3. The van der Waals surface area contributed by atoms with Crippen molar-refractivity contribution in [2.24, 2.45) is 0 Å². The number of hydrogen-bond donors (Lipinski definition) is 0. The van der Waals surface area contributed by atoms with Crippen LogP contribution in [0.2, 0.25) is 0 Å². The molecule has 0 aromatic heterocycles. The van der Waals surface area contributed by atoms with Crippen LogP contribution in [0.15, 0.2) is 12.1 Å². The molecule has 0 spiro atoms. The zero-order valence-corrected chi connectivity index (χ0v) is 24.1. The minimum atomic E-state index is 0.0197. The van der Waals surface area contributed by atoms with E-state index in [1.54, 1.807) is 6.92 Å². The summed E-state index contributed by atoms with van der Waals surface area (Å²) < 4.78 is 18.7. The van der Waals surface area contributed by atoms with Crippen molar-refractivity contribution in [1.82, 2.24) is 0 Å². The van der Waals surface area contributed by atoms with Crippen molar-refractivity contribution >= 4 is 5.78 Å². The predicted octanol–water partition coefficient (Wildman–Crippen LogP) is 10.1. The quantitative estimate of drug-likeness (QED) is 0.0981. The third-order valence-electron chi connectivity index (χ3n) is 6.68. The summed E-state index contributed by atoms with van der Waals surface area (Å²) in [7, 11) is 0. The first-order valence-electron chi connectivity index (χ1n) is 15.2. The molecule has 1 rings (SSSR count). The molecule has 0 unspecified atom stereocenters. The van der Waals surface area contributed by atoms with E-state index in [0.29, 0.717) is 42.6 Å². The summed E-state index contributed by atoms with van der Waals surface area (Å²) in [6, 6.07) is 3.68. The predicted molar refractivity (Wildman–Crippen MR) is 153 cm³/mol. The van der Waals surface area contributed by atoms with E-state index in [9.17, 15) is 4.79 Å². The average molecular weight is 505 g/mol. The molecule has 0 bridgehead atoms. The van der Waals surface area contributed by atoms with Gasteiger partial charge in [0, 0.05) is 5.56 Å². The van der Waals surface area contributed by atoms with Crippen LogP contribution < -0.4 is 14.2 Å². The largest absolute Gasteiger partial charge is 0.490 e. The summed E-state index contributed by atoms with van der Waals surface area (Å²) in [5.74, 6) is 2.00. The first kappa shape index (κ1) is 32.3. The molecule has 0 N–H and O–H groups in total.